The lowest BCUT2D eigenvalue weighted by molar-refractivity contribution is 0.208. The second-order valence-corrected chi connectivity index (χ2v) is 11.3. The molecule has 0 unspecified atom stereocenters. The number of hydrogen-bond donors (Lipinski definition) is 2. The lowest BCUT2D eigenvalue weighted by Gasteiger charge is -2.26. The zero-order valence-electron chi connectivity index (χ0n) is 18.1. The van der Waals surface area contributed by atoms with E-state index in [1.165, 1.54) is 6.07 Å². The first kappa shape index (κ1) is 23.6. The van der Waals surface area contributed by atoms with Crippen LogP contribution in [0.4, 0.5) is 10.1 Å². The van der Waals surface area contributed by atoms with Crippen molar-refractivity contribution in [2.24, 2.45) is 5.73 Å². The van der Waals surface area contributed by atoms with Crippen LogP contribution >= 0.6 is 11.6 Å². The summed E-state index contributed by atoms with van der Waals surface area (Å²) in [5.41, 5.74) is 6.47. The molecule has 0 bridgehead atoms. The zero-order chi connectivity index (χ0) is 24.0. The lowest BCUT2D eigenvalue weighted by atomic mass is 9.94. The van der Waals surface area contributed by atoms with E-state index in [0.717, 1.165) is 11.6 Å². The number of hydrogen-bond acceptors (Lipinski definition) is 8. The maximum atomic E-state index is 15.1. The third kappa shape index (κ3) is 4.74. The molecule has 0 aliphatic carbocycles. The summed E-state index contributed by atoms with van der Waals surface area (Å²) in [5.74, 6) is -1.01. The van der Waals surface area contributed by atoms with Crippen LogP contribution in [0, 0.1) is 5.82 Å². The van der Waals surface area contributed by atoms with Crippen molar-refractivity contribution in [3.63, 3.8) is 0 Å². The summed E-state index contributed by atoms with van der Waals surface area (Å²) in [6, 6.07) is 8.86. The van der Waals surface area contributed by atoms with E-state index in [-0.39, 0.29) is 41.1 Å². The summed E-state index contributed by atoms with van der Waals surface area (Å²) in [6.07, 6.45) is 0. The van der Waals surface area contributed by atoms with Gasteiger partial charge in [-0.25, -0.2) is 12.8 Å². The van der Waals surface area contributed by atoms with Gasteiger partial charge in [0.05, 0.1) is 33.9 Å². The van der Waals surface area contributed by atoms with Gasteiger partial charge in [-0.15, -0.1) is 0 Å². The van der Waals surface area contributed by atoms with E-state index in [0.29, 0.717) is 17.3 Å². The number of rotatable bonds is 5. The fraction of sp³-hybridized carbons (Fsp3) is 0.364. The van der Waals surface area contributed by atoms with Crippen LogP contribution in [0.3, 0.4) is 0 Å². The molecular formula is C22H24ClFN4O4S. The molecule has 1 aliphatic heterocycles. The Morgan fingerprint density at radius 3 is 2.67 bits per heavy atom. The maximum absolute atomic E-state index is 15.1. The number of halogens is 2. The molecule has 3 aromatic rings. The third-order valence-electron chi connectivity index (χ3n) is 5.56. The fourth-order valence-electron chi connectivity index (χ4n) is 3.65. The van der Waals surface area contributed by atoms with Gasteiger partial charge in [0.1, 0.15) is 5.82 Å². The van der Waals surface area contributed by atoms with Gasteiger partial charge in [-0.2, -0.15) is 4.98 Å². The lowest BCUT2D eigenvalue weighted by Crippen LogP contribution is -2.39. The van der Waals surface area contributed by atoms with Gasteiger partial charge in [-0.05, 0) is 29.8 Å². The number of sulfone groups is 1. The smallest absolute Gasteiger partial charge is 0.260 e. The number of benzene rings is 2. The Labute approximate surface area is 196 Å². The molecule has 176 valence electrons. The molecule has 0 radical (unpaired) electrons. The molecule has 3 N–H and O–H groups in total. The molecule has 33 heavy (non-hydrogen) atoms. The van der Waals surface area contributed by atoms with E-state index in [2.05, 4.69) is 10.1 Å². The molecule has 2 heterocycles. The highest BCUT2D eigenvalue weighted by molar-refractivity contribution is 7.91. The predicted molar refractivity (Wildman–Crippen MR) is 122 cm³/mol. The summed E-state index contributed by atoms with van der Waals surface area (Å²) in [7, 11) is -3.83. The second kappa shape index (κ2) is 8.68. The minimum absolute atomic E-state index is 0.0342. The van der Waals surface area contributed by atoms with Crippen molar-refractivity contribution in [1.82, 2.24) is 10.1 Å². The van der Waals surface area contributed by atoms with E-state index in [4.69, 9.17) is 21.9 Å². The van der Waals surface area contributed by atoms with Crippen molar-refractivity contribution in [3.05, 3.63) is 58.6 Å². The van der Waals surface area contributed by atoms with Crippen LogP contribution in [0.15, 0.2) is 45.8 Å². The summed E-state index contributed by atoms with van der Waals surface area (Å²) in [6.45, 7) is 3.79. The number of aliphatic hydroxyl groups is 1. The number of aromatic nitrogens is 2. The van der Waals surface area contributed by atoms with Crippen LogP contribution in [0.5, 0.6) is 0 Å². The topological polar surface area (TPSA) is 123 Å². The van der Waals surface area contributed by atoms with Crippen molar-refractivity contribution in [1.29, 1.82) is 0 Å². The van der Waals surface area contributed by atoms with Gasteiger partial charge in [0, 0.05) is 24.2 Å². The molecule has 1 atom stereocenters. The number of fused-ring (bicyclic) bond motifs is 1. The average Bonchev–Trinajstić information content (AvgIpc) is 3.22. The van der Waals surface area contributed by atoms with Gasteiger partial charge in [0.2, 0.25) is 0 Å². The average molecular weight is 495 g/mol. The Morgan fingerprint density at radius 1 is 1.30 bits per heavy atom. The van der Waals surface area contributed by atoms with Gasteiger partial charge in [-0.1, -0.05) is 42.7 Å². The van der Waals surface area contributed by atoms with Crippen LogP contribution in [-0.4, -0.2) is 48.6 Å². The fourth-order valence-corrected chi connectivity index (χ4v) is 5.41. The Bertz CT molecular complexity index is 1280. The third-order valence-corrected chi connectivity index (χ3v) is 7.67. The summed E-state index contributed by atoms with van der Waals surface area (Å²) in [5, 5.41) is 14.0. The maximum Gasteiger partial charge on any atom is 0.260 e. The largest absolute Gasteiger partial charge is 0.395 e. The van der Waals surface area contributed by atoms with Crippen LogP contribution in [0.25, 0.3) is 11.5 Å². The van der Waals surface area contributed by atoms with Crippen LogP contribution < -0.4 is 10.6 Å². The summed E-state index contributed by atoms with van der Waals surface area (Å²) in [4.78, 5) is 5.90. The van der Waals surface area contributed by atoms with Crippen LogP contribution in [0.1, 0.15) is 25.2 Å². The van der Waals surface area contributed by atoms with E-state index in [1.54, 1.807) is 30.9 Å². The predicted octanol–water partition coefficient (Wildman–Crippen LogP) is 2.92. The van der Waals surface area contributed by atoms with Crippen LogP contribution in [0.2, 0.25) is 5.02 Å². The highest BCUT2D eigenvalue weighted by atomic mass is 35.5. The molecule has 4 rings (SSSR count). The van der Waals surface area contributed by atoms with Gasteiger partial charge < -0.3 is 20.3 Å². The molecule has 0 saturated heterocycles. The normalized spacial score (nSPS) is 18.1. The monoisotopic (exact) mass is 494 g/mol. The Hall–Kier alpha value is -2.53. The number of nitrogens with zero attached hydrogens (tertiary/aromatic N) is 3. The van der Waals surface area contributed by atoms with Crippen molar-refractivity contribution < 1.29 is 22.4 Å². The quantitative estimate of drug-likeness (QED) is 0.555. The van der Waals surface area contributed by atoms with E-state index < -0.39 is 27.1 Å². The molecule has 1 aliphatic rings. The minimum atomic E-state index is -3.83. The standard InChI is InChI=1S/C22H24ClFN4O4S/c1-22(2,12-29)21-26-20(32-27-21)16-7-18-19(8-17(16)24)33(30,31)11-15(25)10-28(18)9-13-3-5-14(23)6-4-13/h3-8,15,29H,9-12,25H2,1-2H3/t15-/m1/s1. The van der Waals surface area contributed by atoms with Crippen molar-refractivity contribution in [3.8, 4) is 11.5 Å². The molecule has 0 saturated carbocycles. The summed E-state index contributed by atoms with van der Waals surface area (Å²) >= 11 is 5.98. The van der Waals surface area contributed by atoms with Gasteiger partial charge >= 0.3 is 0 Å². The summed E-state index contributed by atoms with van der Waals surface area (Å²) < 4.78 is 46.3. The molecule has 11 heteroatoms. The molecule has 0 spiro atoms. The van der Waals surface area contributed by atoms with Gasteiger partial charge in [0.25, 0.3) is 5.89 Å². The van der Waals surface area contributed by atoms with E-state index in [1.807, 2.05) is 12.1 Å². The first-order valence-corrected chi connectivity index (χ1v) is 12.3. The molecule has 2 aromatic carbocycles. The molecule has 0 fully saturated rings. The Kier molecular flexibility index (Phi) is 6.21. The molecule has 0 amide bonds. The highest BCUT2D eigenvalue weighted by Gasteiger charge is 2.33. The highest BCUT2D eigenvalue weighted by Crippen LogP contribution is 2.37. The van der Waals surface area contributed by atoms with E-state index in [9.17, 15) is 13.5 Å². The SMILES string of the molecule is CC(C)(CO)c1noc(-c2cc3c(cc2F)S(=O)(=O)C[C@H](N)CN3Cc2ccc(Cl)cc2)n1. The first-order chi connectivity index (χ1) is 15.5. The number of anilines is 1. The van der Waals surface area contributed by atoms with Gasteiger partial charge in [0.15, 0.2) is 15.7 Å². The second-order valence-electron chi connectivity index (χ2n) is 8.81. The van der Waals surface area contributed by atoms with Crippen molar-refractivity contribution >= 4 is 27.1 Å². The van der Waals surface area contributed by atoms with Crippen molar-refractivity contribution in [2.75, 3.05) is 23.8 Å². The number of nitrogens with two attached hydrogens (primary N) is 1. The Morgan fingerprint density at radius 2 is 2.00 bits per heavy atom. The minimum Gasteiger partial charge on any atom is -0.395 e. The Balaban J connectivity index is 1.83. The van der Waals surface area contributed by atoms with Crippen molar-refractivity contribution in [2.45, 2.75) is 36.7 Å². The molecule has 8 nitrogen and oxygen atoms in total. The zero-order valence-corrected chi connectivity index (χ0v) is 19.7. The molecule has 1 aromatic heterocycles. The van der Waals surface area contributed by atoms with Gasteiger partial charge in [-0.3, -0.25) is 0 Å². The number of aliphatic hydroxyl groups excluding tert-OH is 1. The van der Waals surface area contributed by atoms with Crippen LogP contribution in [-0.2, 0) is 21.8 Å². The first-order valence-electron chi connectivity index (χ1n) is 10.3. The molecular weight excluding hydrogens is 471 g/mol. The van der Waals surface area contributed by atoms with E-state index >= 15 is 4.39 Å².